The van der Waals surface area contributed by atoms with Crippen LogP contribution in [0.15, 0.2) is 114 Å². The molecule has 8 nitrogen and oxygen atoms in total. The van der Waals surface area contributed by atoms with Gasteiger partial charge in [-0.1, -0.05) is 92.4 Å². The second-order valence-corrected chi connectivity index (χ2v) is 13.9. The quantitative estimate of drug-likeness (QED) is 0.158. The molecule has 0 spiro atoms. The fourth-order valence-electron chi connectivity index (χ4n) is 5.83. The number of amides is 2. The summed E-state index contributed by atoms with van der Waals surface area (Å²) in [5, 5.41) is 3.62. The van der Waals surface area contributed by atoms with Gasteiger partial charge < -0.3 is 15.0 Å². The lowest BCUT2D eigenvalue weighted by molar-refractivity contribution is -0.140. The molecule has 0 bridgehead atoms. The van der Waals surface area contributed by atoms with Gasteiger partial charge in [0, 0.05) is 17.6 Å². The van der Waals surface area contributed by atoms with Crippen molar-refractivity contribution in [1.82, 2.24) is 10.2 Å². The van der Waals surface area contributed by atoms with Crippen molar-refractivity contribution in [1.29, 1.82) is 0 Å². The van der Waals surface area contributed by atoms with Gasteiger partial charge >= 0.3 is 0 Å². The minimum absolute atomic E-state index is 0.0390. The van der Waals surface area contributed by atoms with Gasteiger partial charge in [-0.25, -0.2) is 8.42 Å². The highest BCUT2D eigenvalue weighted by Crippen LogP contribution is 2.29. The van der Waals surface area contributed by atoms with E-state index in [1.54, 1.807) is 60.7 Å². The van der Waals surface area contributed by atoms with Gasteiger partial charge in [-0.05, 0) is 79.4 Å². The predicted molar refractivity (Wildman–Crippen MR) is 185 cm³/mol. The van der Waals surface area contributed by atoms with Crippen LogP contribution in [-0.2, 0) is 26.2 Å². The van der Waals surface area contributed by atoms with Crippen molar-refractivity contribution in [2.24, 2.45) is 0 Å². The van der Waals surface area contributed by atoms with E-state index in [9.17, 15) is 18.0 Å². The molecule has 0 aromatic heterocycles. The Morgan fingerprint density at radius 2 is 1.43 bits per heavy atom. The summed E-state index contributed by atoms with van der Waals surface area (Å²) in [6.07, 6.45) is 5.37. The van der Waals surface area contributed by atoms with Gasteiger partial charge in [0.15, 0.2) is 0 Å². The second-order valence-electron chi connectivity index (χ2n) is 11.6. The molecule has 0 saturated heterocycles. The number of halogens is 1. The van der Waals surface area contributed by atoms with Gasteiger partial charge in [0.25, 0.3) is 10.0 Å². The lowest BCUT2D eigenvalue weighted by Crippen LogP contribution is -2.54. The van der Waals surface area contributed by atoms with Crippen LogP contribution in [0.1, 0.15) is 51.0 Å². The molecule has 0 unspecified atom stereocenters. The summed E-state index contributed by atoms with van der Waals surface area (Å²) in [5.41, 5.74) is 0.936. The maximum atomic E-state index is 14.4. The molecule has 0 aliphatic heterocycles. The number of anilines is 1. The van der Waals surface area contributed by atoms with E-state index >= 15 is 0 Å². The molecule has 0 heterocycles. The van der Waals surface area contributed by atoms with Crippen molar-refractivity contribution in [3.8, 4) is 11.5 Å². The molecule has 0 radical (unpaired) electrons. The highest BCUT2D eigenvalue weighted by atomic mass is 35.5. The van der Waals surface area contributed by atoms with Crippen molar-refractivity contribution in [3.05, 3.63) is 120 Å². The van der Waals surface area contributed by atoms with E-state index in [0.29, 0.717) is 28.5 Å². The van der Waals surface area contributed by atoms with Gasteiger partial charge in [-0.3, -0.25) is 13.9 Å². The SMILES string of the molecule is CC[C@H](C(=O)NC1CCCCC1)N(Cc1ccccc1Cl)C(=O)CN(c1ccc(Oc2ccccc2)cc1)S(=O)(=O)c1ccccc1. The number of sulfonamides is 1. The summed E-state index contributed by atoms with van der Waals surface area (Å²) in [4.78, 5) is 29.6. The van der Waals surface area contributed by atoms with Crippen LogP contribution in [0.5, 0.6) is 11.5 Å². The average molecular weight is 674 g/mol. The number of benzene rings is 4. The lowest BCUT2D eigenvalue weighted by atomic mass is 9.95. The Balaban J connectivity index is 1.48. The molecule has 1 fully saturated rings. The summed E-state index contributed by atoms with van der Waals surface area (Å²) in [5.74, 6) is 0.366. The lowest BCUT2D eigenvalue weighted by Gasteiger charge is -2.34. The molecular weight excluding hydrogens is 634 g/mol. The smallest absolute Gasteiger partial charge is 0.264 e. The van der Waals surface area contributed by atoms with Crippen molar-refractivity contribution < 1.29 is 22.7 Å². The number of nitrogens with one attached hydrogen (secondary N) is 1. The maximum absolute atomic E-state index is 14.4. The number of ether oxygens (including phenoxy) is 1. The third kappa shape index (κ3) is 8.73. The van der Waals surface area contributed by atoms with Gasteiger partial charge in [-0.2, -0.15) is 0 Å². The van der Waals surface area contributed by atoms with Crippen LogP contribution in [0, 0.1) is 0 Å². The van der Waals surface area contributed by atoms with Gasteiger partial charge in [-0.15, -0.1) is 0 Å². The Hall–Kier alpha value is -4.34. The average Bonchev–Trinajstić information content (AvgIpc) is 3.09. The predicted octanol–water partition coefficient (Wildman–Crippen LogP) is 7.58. The molecule has 4 aromatic carbocycles. The number of nitrogens with zero attached hydrogens (tertiary/aromatic N) is 2. The van der Waals surface area contributed by atoms with Gasteiger partial charge in [0.1, 0.15) is 24.1 Å². The summed E-state index contributed by atoms with van der Waals surface area (Å²) in [6.45, 7) is 1.36. The summed E-state index contributed by atoms with van der Waals surface area (Å²) >= 11 is 6.53. The molecule has 5 rings (SSSR count). The Bertz CT molecular complexity index is 1730. The first-order valence-electron chi connectivity index (χ1n) is 16.0. The molecule has 1 atom stereocenters. The van der Waals surface area contributed by atoms with Crippen LogP contribution in [0.3, 0.4) is 0 Å². The molecule has 1 aliphatic rings. The van der Waals surface area contributed by atoms with E-state index in [1.807, 2.05) is 43.3 Å². The molecule has 47 heavy (non-hydrogen) atoms. The number of hydrogen-bond acceptors (Lipinski definition) is 5. The van der Waals surface area contributed by atoms with Gasteiger partial charge in [0.05, 0.1) is 10.6 Å². The van der Waals surface area contributed by atoms with E-state index in [-0.39, 0.29) is 29.1 Å². The van der Waals surface area contributed by atoms with E-state index < -0.39 is 28.5 Å². The number of carbonyl (C=O) groups is 2. The Morgan fingerprint density at radius 1 is 0.830 bits per heavy atom. The summed E-state index contributed by atoms with van der Waals surface area (Å²) < 4.78 is 35.3. The number of para-hydroxylation sites is 1. The van der Waals surface area contributed by atoms with Crippen LogP contribution in [0.4, 0.5) is 5.69 Å². The van der Waals surface area contributed by atoms with Gasteiger partial charge in [0.2, 0.25) is 11.8 Å². The Morgan fingerprint density at radius 3 is 2.06 bits per heavy atom. The molecule has 1 saturated carbocycles. The topological polar surface area (TPSA) is 96.0 Å². The first kappa shape index (κ1) is 34.0. The molecule has 2 amide bonds. The minimum atomic E-state index is -4.19. The van der Waals surface area contributed by atoms with E-state index in [1.165, 1.54) is 17.0 Å². The molecule has 10 heteroatoms. The highest BCUT2D eigenvalue weighted by Gasteiger charge is 2.34. The zero-order valence-corrected chi connectivity index (χ0v) is 28.0. The number of hydrogen-bond donors (Lipinski definition) is 1. The number of carbonyl (C=O) groups excluding carboxylic acids is 2. The van der Waals surface area contributed by atoms with Crippen molar-refractivity contribution in [3.63, 3.8) is 0 Å². The molecular formula is C37H40ClN3O5S. The van der Waals surface area contributed by atoms with E-state index in [4.69, 9.17) is 16.3 Å². The van der Waals surface area contributed by atoms with Crippen LogP contribution >= 0.6 is 11.6 Å². The van der Waals surface area contributed by atoms with Crippen LogP contribution in [-0.4, -0.2) is 43.8 Å². The third-order valence-corrected chi connectivity index (χ3v) is 10.5. The Kier molecular flexibility index (Phi) is 11.6. The van der Waals surface area contributed by atoms with E-state index in [0.717, 1.165) is 36.4 Å². The highest BCUT2D eigenvalue weighted by molar-refractivity contribution is 7.92. The summed E-state index contributed by atoms with van der Waals surface area (Å²) in [6, 6.07) is 30.1. The fourth-order valence-corrected chi connectivity index (χ4v) is 7.46. The molecule has 1 aliphatic carbocycles. The molecule has 4 aromatic rings. The first-order valence-corrected chi connectivity index (χ1v) is 17.8. The monoisotopic (exact) mass is 673 g/mol. The van der Waals surface area contributed by atoms with Crippen molar-refractivity contribution in [2.45, 2.75) is 69.0 Å². The van der Waals surface area contributed by atoms with Crippen LogP contribution in [0.2, 0.25) is 5.02 Å². The maximum Gasteiger partial charge on any atom is 0.264 e. The standard InChI is InChI=1S/C37H40ClN3O5S/c1-2-35(37(43)39-29-15-6-3-7-16-29)40(26-28-14-12-13-21-34(28)38)36(42)27-41(47(44,45)33-19-10-5-11-20-33)30-22-24-32(25-23-30)46-31-17-8-4-9-18-31/h4-5,8-14,17-25,29,35H,2-3,6-7,15-16,26-27H2,1H3,(H,39,43)/t35-/m1/s1. The zero-order chi connectivity index (χ0) is 33.2. The normalized spacial score (nSPS) is 14.2. The fraction of sp³-hybridized carbons (Fsp3) is 0.297. The first-order chi connectivity index (χ1) is 22.8. The zero-order valence-electron chi connectivity index (χ0n) is 26.4. The molecule has 246 valence electrons. The molecule has 1 N–H and O–H groups in total. The van der Waals surface area contributed by atoms with Crippen molar-refractivity contribution >= 4 is 39.1 Å². The number of rotatable bonds is 13. The minimum Gasteiger partial charge on any atom is -0.457 e. The van der Waals surface area contributed by atoms with Crippen LogP contribution in [0.25, 0.3) is 0 Å². The Labute approximate surface area is 282 Å². The van der Waals surface area contributed by atoms with Crippen molar-refractivity contribution in [2.75, 3.05) is 10.8 Å². The summed E-state index contributed by atoms with van der Waals surface area (Å²) in [7, 11) is -4.19. The second kappa shape index (κ2) is 16.0. The van der Waals surface area contributed by atoms with Crippen LogP contribution < -0.4 is 14.4 Å². The van der Waals surface area contributed by atoms with E-state index in [2.05, 4.69) is 5.32 Å². The largest absolute Gasteiger partial charge is 0.457 e. The third-order valence-electron chi connectivity index (χ3n) is 8.35.